The Balaban J connectivity index is 2.63. The first-order chi connectivity index (χ1) is 10.2. The van der Waals surface area contributed by atoms with Crippen LogP contribution in [0, 0.1) is 0 Å². The van der Waals surface area contributed by atoms with Crippen molar-refractivity contribution in [2.45, 2.75) is 84.6 Å². The Morgan fingerprint density at radius 1 is 0.857 bits per heavy atom. The highest BCUT2D eigenvalue weighted by Crippen LogP contribution is 2.24. The van der Waals surface area contributed by atoms with E-state index in [1.54, 1.807) is 0 Å². The van der Waals surface area contributed by atoms with Gasteiger partial charge in [0.05, 0.1) is 0 Å². The molecule has 0 aliphatic heterocycles. The third-order valence-electron chi connectivity index (χ3n) is 4.51. The molecule has 2 atom stereocenters. The van der Waals surface area contributed by atoms with Crippen LogP contribution in [0.25, 0.3) is 0 Å². The molecule has 0 radical (unpaired) electrons. The fourth-order valence-electron chi connectivity index (χ4n) is 2.77. The van der Waals surface area contributed by atoms with Crippen LogP contribution < -0.4 is 5.32 Å². The quantitative estimate of drug-likeness (QED) is 0.477. The second-order valence-electron chi connectivity index (χ2n) is 6.33. The first kappa shape index (κ1) is 18.2. The lowest BCUT2D eigenvalue weighted by molar-refractivity contribution is 0.470. The van der Waals surface area contributed by atoms with Gasteiger partial charge in [0.1, 0.15) is 0 Å². The van der Waals surface area contributed by atoms with Gasteiger partial charge in [-0.25, -0.2) is 0 Å². The van der Waals surface area contributed by atoms with E-state index in [0.29, 0.717) is 12.0 Å². The minimum atomic E-state index is 0.535. The molecule has 0 aliphatic rings. The van der Waals surface area contributed by atoms with Crippen molar-refractivity contribution in [2.24, 2.45) is 0 Å². The number of rotatable bonds is 11. The molecule has 0 bridgehead atoms. The van der Waals surface area contributed by atoms with Gasteiger partial charge in [-0.3, -0.25) is 0 Å². The van der Waals surface area contributed by atoms with Gasteiger partial charge in [-0.15, -0.1) is 0 Å². The molecule has 1 rings (SSSR count). The molecule has 0 amide bonds. The van der Waals surface area contributed by atoms with Crippen molar-refractivity contribution >= 4 is 0 Å². The maximum Gasteiger partial charge on any atom is 0.0320 e. The molecule has 0 saturated carbocycles. The predicted octanol–water partition coefficient (Wildman–Crippen LogP) is 6.21. The molecule has 1 nitrogen and oxygen atoms in total. The fourth-order valence-corrected chi connectivity index (χ4v) is 2.77. The molecule has 0 heterocycles. The average molecular weight is 290 g/mol. The van der Waals surface area contributed by atoms with Gasteiger partial charge in [-0.2, -0.15) is 0 Å². The lowest BCUT2D eigenvalue weighted by atomic mass is 9.94. The summed E-state index contributed by atoms with van der Waals surface area (Å²) in [7, 11) is 0. The first-order valence-corrected chi connectivity index (χ1v) is 9.06. The summed E-state index contributed by atoms with van der Waals surface area (Å²) in [5, 5.41) is 3.73. The summed E-state index contributed by atoms with van der Waals surface area (Å²) in [6, 6.07) is 9.88. The van der Waals surface area contributed by atoms with E-state index in [1.807, 2.05) is 0 Å². The Bertz CT molecular complexity index is 355. The van der Waals surface area contributed by atoms with Crippen molar-refractivity contribution in [3.8, 4) is 0 Å². The van der Waals surface area contributed by atoms with E-state index in [9.17, 15) is 0 Å². The number of unbranched alkanes of at least 4 members (excludes halogenated alkanes) is 3. The van der Waals surface area contributed by atoms with E-state index >= 15 is 0 Å². The lowest BCUT2D eigenvalue weighted by Crippen LogP contribution is -2.22. The van der Waals surface area contributed by atoms with Crippen molar-refractivity contribution in [3.63, 3.8) is 0 Å². The largest absolute Gasteiger partial charge is 0.310 e. The van der Waals surface area contributed by atoms with Crippen LogP contribution in [-0.4, -0.2) is 6.54 Å². The summed E-state index contributed by atoms with van der Waals surface area (Å²) >= 11 is 0. The molecule has 1 heteroatoms. The summed E-state index contributed by atoms with van der Waals surface area (Å²) in [4.78, 5) is 0. The zero-order chi connectivity index (χ0) is 15.5. The van der Waals surface area contributed by atoms with E-state index < -0.39 is 0 Å². The van der Waals surface area contributed by atoms with Crippen LogP contribution in [0.4, 0.5) is 0 Å². The SMILES string of the molecule is CCCCCCC(NCCC)c1ccc(C(C)CC)cc1. The van der Waals surface area contributed by atoms with Crippen LogP contribution in [0.1, 0.15) is 95.7 Å². The van der Waals surface area contributed by atoms with Crippen molar-refractivity contribution < 1.29 is 0 Å². The van der Waals surface area contributed by atoms with Gasteiger partial charge in [-0.05, 0) is 42.9 Å². The zero-order valence-corrected chi connectivity index (χ0v) is 14.6. The molecule has 0 spiro atoms. The second kappa shape index (κ2) is 10.8. The van der Waals surface area contributed by atoms with Crippen LogP contribution in [0.5, 0.6) is 0 Å². The Kier molecular flexibility index (Phi) is 9.41. The standard InChI is InChI=1S/C20H35N/c1-5-8-9-10-11-20(21-16-6-2)19-14-12-18(13-15-19)17(4)7-3/h12-15,17,20-21H,5-11,16H2,1-4H3. The smallest absolute Gasteiger partial charge is 0.0320 e. The number of hydrogen-bond acceptors (Lipinski definition) is 1. The lowest BCUT2D eigenvalue weighted by Gasteiger charge is -2.20. The molecule has 0 aliphatic carbocycles. The summed E-state index contributed by atoms with van der Waals surface area (Å²) in [5.74, 6) is 0.672. The zero-order valence-electron chi connectivity index (χ0n) is 14.6. The maximum absolute atomic E-state index is 3.73. The van der Waals surface area contributed by atoms with E-state index in [0.717, 1.165) is 6.54 Å². The monoisotopic (exact) mass is 289 g/mol. The Labute approximate surface area is 132 Å². The fraction of sp³-hybridized carbons (Fsp3) is 0.700. The summed E-state index contributed by atoms with van der Waals surface area (Å²) in [6.45, 7) is 10.2. The first-order valence-electron chi connectivity index (χ1n) is 9.06. The van der Waals surface area contributed by atoms with Crippen molar-refractivity contribution in [3.05, 3.63) is 35.4 Å². The molecular weight excluding hydrogens is 254 g/mol. The topological polar surface area (TPSA) is 12.0 Å². The molecule has 21 heavy (non-hydrogen) atoms. The Hall–Kier alpha value is -0.820. The van der Waals surface area contributed by atoms with Gasteiger partial charge in [0.25, 0.3) is 0 Å². The summed E-state index contributed by atoms with van der Waals surface area (Å²) in [5.41, 5.74) is 2.94. The van der Waals surface area contributed by atoms with Crippen LogP contribution in [0.3, 0.4) is 0 Å². The van der Waals surface area contributed by atoms with Gasteiger partial charge < -0.3 is 5.32 Å². The van der Waals surface area contributed by atoms with Gasteiger partial charge in [-0.1, -0.05) is 77.6 Å². The van der Waals surface area contributed by atoms with E-state index in [2.05, 4.69) is 57.3 Å². The van der Waals surface area contributed by atoms with E-state index in [-0.39, 0.29) is 0 Å². The van der Waals surface area contributed by atoms with Crippen molar-refractivity contribution in [1.29, 1.82) is 0 Å². The molecule has 1 N–H and O–H groups in total. The average Bonchev–Trinajstić information content (AvgIpc) is 2.53. The molecule has 0 aromatic heterocycles. The van der Waals surface area contributed by atoms with Crippen molar-refractivity contribution in [2.75, 3.05) is 6.54 Å². The summed E-state index contributed by atoms with van der Waals surface area (Å²) in [6.07, 6.45) is 9.07. The van der Waals surface area contributed by atoms with E-state index in [4.69, 9.17) is 0 Å². The third-order valence-corrected chi connectivity index (χ3v) is 4.51. The highest BCUT2D eigenvalue weighted by Gasteiger charge is 2.11. The second-order valence-corrected chi connectivity index (χ2v) is 6.33. The Morgan fingerprint density at radius 2 is 1.52 bits per heavy atom. The number of nitrogens with one attached hydrogen (secondary N) is 1. The molecule has 1 aromatic carbocycles. The molecule has 0 fully saturated rings. The highest BCUT2D eigenvalue weighted by molar-refractivity contribution is 5.27. The van der Waals surface area contributed by atoms with Gasteiger partial charge >= 0.3 is 0 Å². The molecule has 2 unspecified atom stereocenters. The number of benzene rings is 1. The predicted molar refractivity (Wildman–Crippen MR) is 94.9 cm³/mol. The van der Waals surface area contributed by atoms with Gasteiger partial charge in [0.15, 0.2) is 0 Å². The number of hydrogen-bond donors (Lipinski definition) is 1. The molecular formula is C20H35N. The highest BCUT2D eigenvalue weighted by atomic mass is 14.9. The minimum Gasteiger partial charge on any atom is -0.310 e. The molecule has 120 valence electrons. The van der Waals surface area contributed by atoms with Gasteiger partial charge in [0, 0.05) is 6.04 Å². The normalized spacial score (nSPS) is 14.1. The maximum atomic E-state index is 3.73. The minimum absolute atomic E-state index is 0.535. The van der Waals surface area contributed by atoms with Crippen LogP contribution in [0.15, 0.2) is 24.3 Å². The summed E-state index contributed by atoms with van der Waals surface area (Å²) < 4.78 is 0. The van der Waals surface area contributed by atoms with Crippen LogP contribution in [0.2, 0.25) is 0 Å². The van der Waals surface area contributed by atoms with Crippen LogP contribution in [-0.2, 0) is 0 Å². The van der Waals surface area contributed by atoms with Crippen LogP contribution >= 0.6 is 0 Å². The third kappa shape index (κ3) is 6.65. The Morgan fingerprint density at radius 3 is 2.10 bits per heavy atom. The van der Waals surface area contributed by atoms with Gasteiger partial charge in [0.2, 0.25) is 0 Å². The van der Waals surface area contributed by atoms with Crippen molar-refractivity contribution in [1.82, 2.24) is 5.32 Å². The molecule has 0 saturated heterocycles. The molecule has 1 aromatic rings. The van der Waals surface area contributed by atoms with E-state index in [1.165, 1.54) is 56.1 Å².